The summed E-state index contributed by atoms with van der Waals surface area (Å²) in [5.74, 6) is -2.22. The Kier molecular flexibility index (Phi) is 5.18. The fraction of sp³-hybridized carbons (Fsp3) is 0.312. The number of rotatable bonds is 6. The molecule has 128 valence electrons. The molecule has 2 N–H and O–H groups in total. The number of alkyl halides is 1. The van der Waals surface area contributed by atoms with Crippen molar-refractivity contribution < 1.29 is 28.6 Å². The van der Waals surface area contributed by atoms with E-state index in [2.05, 4.69) is 11.9 Å². The number of carbonyl (C=O) groups excluding carboxylic acids is 2. The maximum absolute atomic E-state index is 14.1. The van der Waals surface area contributed by atoms with Crippen LogP contribution in [0.15, 0.2) is 42.5 Å². The van der Waals surface area contributed by atoms with Gasteiger partial charge in [-0.15, -0.1) is 0 Å². The molecule has 24 heavy (non-hydrogen) atoms. The number of halogens is 1. The van der Waals surface area contributed by atoms with E-state index < -0.39 is 36.3 Å². The first-order chi connectivity index (χ1) is 11.3. The fourth-order valence-electron chi connectivity index (χ4n) is 2.34. The molecule has 0 saturated carbocycles. The van der Waals surface area contributed by atoms with Crippen molar-refractivity contribution in [1.29, 1.82) is 0 Å². The zero-order chi connectivity index (χ0) is 17.9. The Morgan fingerprint density at radius 3 is 2.54 bits per heavy atom. The number of carboxylic acids is 1. The van der Waals surface area contributed by atoms with Gasteiger partial charge in [-0.2, -0.15) is 0 Å². The molecule has 3 unspecified atom stereocenters. The molecule has 0 spiro atoms. The van der Waals surface area contributed by atoms with Gasteiger partial charge in [-0.1, -0.05) is 36.9 Å². The van der Waals surface area contributed by atoms with Crippen LogP contribution in [0.4, 0.5) is 9.18 Å². The van der Waals surface area contributed by atoms with E-state index in [0.717, 1.165) is 5.56 Å². The summed E-state index contributed by atoms with van der Waals surface area (Å²) >= 11 is 0. The predicted octanol–water partition coefficient (Wildman–Crippen LogP) is 1.45. The number of hydrogen-bond donors (Lipinski definition) is 2. The lowest BCUT2D eigenvalue weighted by molar-refractivity contribution is -0.173. The molecule has 1 aliphatic heterocycles. The average molecular weight is 336 g/mol. The van der Waals surface area contributed by atoms with Gasteiger partial charge in [-0.3, -0.25) is 9.69 Å². The number of benzene rings is 1. The Balaban J connectivity index is 1.90. The predicted molar refractivity (Wildman–Crippen MR) is 81.5 cm³/mol. The number of β-lactam (4-membered cyclic amide) rings is 1. The molecule has 7 nitrogen and oxygen atoms in total. The highest BCUT2D eigenvalue weighted by Gasteiger charge is 2.54. The van der Waals surface area contributed by atoms with Crippen LogP contribution >= 0.6 is 0 Å². The van der Waals surface area contributed by atoms with Crippen LogP contribution in [-0.2, 0) is 20.9 Å². The van der Waals surface area contributed by atoms with Crippen molar-refractivity contribution in [1.82, 2.24) is 10.2 Å². The summed E-state index contributed by atoms with van der Waals surface area (Å²) in [6, 6.07) is 5.90. The summed E-state index contributed by atoms with van der Waals surface area (Å²) in [5.41, 5.74) is 0.850. The fourth-order valence-corrected chi connectivity index (χ4v) is 2.34. The normalized spacial score (nSPS) is 20.8. The number of ether oxygens (including phenoxy) is 1. The maximum Gasteiger partial charge on any atom is 0.408 e. The maximum atomic E-state index is 14.1. The van der Waals surface area contributed by atoms with Crippen LogP contribution in [0.25, 0.3) is 0 Å². The second kappa shape index (κ2) is 7.12. The third-order valence-corrected chi connectivity index (χ3v) is 3.53. The van der Waals surface area contributed by atoms with E-state index >= 15 is 0 Å². The summed E-state index contributed by atoms with van der Waals surface area (Å²) in [6.07, 6.45) is -2.92. The Morgan fingerprint density at radius 1 is 1.42 bits per heavy atom. The highest BCUT2D eigenvalue weighted by molar-refractivity contribution is 5.96. The first kappa shape index (κ1) is 17.5. The Labute approximate surface area is 137 Å². The largest absolute Gasteiger partial charge is 0.479 e. The van der Waals surface area contributed by atoms with Crippen molar-refractivity contribution >= 4 is 18.0 Å². The number of amides is 2. The second-order valence-electron chi connectivity index (χ2n) is 5.39. The highest BCUT2D eigenvalue weighted by atomic mass is 19.1. The minimum atomic E-state index is -1.96. The minimum Gasteiger partial charge on any atom is -0.479 e. The number of likely N-dealkylation sites (tertiary alicyclic amines) is 1. The summed E-state index contributed by atoms with van der Waals surface area (Å²) in [7, 11) is 0. The quantitative estimate of drug-likeness (QED) is 0.466. The van der Waals surface area contributed by atoms with Crippen molar-refractivity contribution in [3.05, 3.63) is 48.0 Å². The standard InChI is InChI=1S/C16H17FN2O5/c1-9(2)12(15(21)22)19-13(17)11(14(19)20)18-16(23)24-8-10-6-4-3-5-7-10/h3-7,11-13H,1,8H2,2H3,(H,18,23)(H,21,22). The van der Waals surface area contributed by atoms with Crippen molar-refractivity contribution in [2.75, 3.05) is 0 Å². The lowest BCUT2D eigenvalue weighted by Crippen LogP contribution is -2.72. The molecular formula is C16H17FN2O5. The summed E-state index contributed by atoms with van der Waals surface area (Å²) in [4.78, 5) is 35.2. The molecule has 1 heterocycles. The van der Waals surface area contributed by atoms with Crippen molar-refractivity contribution in [2.45, 2.75) is 31.9 Å². The molecular weight excluding hydrogens is 319 g/mol. The SMILES string of the molecule is C=C(C)C(C(=O)O)N1C(=O)C(NC(=O)OCc2ccccc2)C1F. The van der Waals surface area contributed by atoms with Gasteiger partial charge in [0.1, 0.15) is 6.61 Å². The average Bonchev–Trinajstić information content (AvgIpc) is 2.55. The lowest BCUT2D eigenvalue weighted by atomic mass is 9.99. The van der Waals surface area contributed by atoms with Gasteiger partial charge in [-0.25, -0.2) is 14.0 Å². The third kappa shape index (κ3) is 3.53. The monoisotopic (exact) mass is 336 g/mol. The molecule has 1 aromatic carbocycles. The number of nitrogens with zero attached hydrogens (tertiary/aromatic N) is 1. The van der Waals surface area contributed by atoms with Crippen molar-refractivity contribution in [3.63, 3.8) is 0 Å². The molecule has 1 aromatic rings. The summed E-state index contributed by atoms with van der Waals surface area (Å²) in [5, 5.41) is 11.2. The van der Waals surface area contributed by atoms with E-state index in [1.165, 1.54) is 6.92 Å². The molecule has 1 saturated heterocycles. The molecule has 2 amide bonds. The molecule has 0 radical (unpaired) electrons. The molecule has 3 atom stereocenters. The zero-order valence-electron chi connectivity index (χ0n) is 12.9. The van der Waals surface area contributed by atoms with Crippen LogP contribution in [0.5, 0.6) is 0 Å². The van der Waals surface area contributed by atoms with E-state index in [1.807, 2.05) is 0 Å². The van der Waals surface area contributed by atoms with Gasteiger partial charge in [-0.05, 0) is 18.1 Å². The topological polar surface area (TPSA) is 95.9 Å². The Bertz CT molecular complexity index is 650. The Morgan fingerprint density at radius 2 is 2.04 bits per heavy atom. The van der Waals surface area contributed by atoms with Crippen LogP contribution in [0.3, 0.4) is 0 Å². The molecule has 0 aliphatic carbocycles. The second-order valence-corrected chi connectivity index (χ2v) is 5.39. The minimum absolute atomic E-state index is 0.0300. The molecule has 1 fully saturated rings. The first-order valence-electron chi connectivity index (χ1n) is 7.14. The molecule has 0 bridgehead atoms. The zero-order valence-corrected chi connectivity index (χ0v) is 12.9. The number of carboxylic acid groups (broad SMARTS) is 1. The lowest BCUT2D eigenvalue weighted by Gasteiger charge is -2.44. The number of hydrogen-bond acceptors (Lipinski definition) is 4. The molecule has 2 rings (SSSR count). The van der Waals surface area contributed by atoms with E-state index in [4.69, 9.17) is 9.84 Å². The van der Waals surface area contributed by atoms with Crippen LogP contribution in [0.2, 0.25) is 0 Å². The molecule has 1 aliphatic rings. The van der Waals surface area contributed by atoms with E-state index in [9.17, 15) is 18.8 Å². The van der Waals surface area contributed by atoms with E-state index in [-0.39, 0.29) is 12.2 Å². The number of aliphatic carboxylic acids is 1. The summed E-state index contributed by atoms with van der Waals surface area (Å²) < 4.78 is 19.0. The Hall–Kier alpha value is -2.90. The van der Waals surface area contributed by atoms with Gasteiger partial charge < -0.3 is 15.2 Å². The van der Waals surface area contributed by atoms with Gasteiger partial charge in [0.15, 0.2) is 12.1 Å². The number of alkyl carbamates (subject to hydrolysis) is 1. The van der Waals surface area contributed by atoms with Crippen LogP contribution in [-0.4, -0.2) is 46.4 Å². The smallest absolute Gasteiger partial charge is 0.408 e. The van der Waals surface area contributed by atoms with E-state index in [1.54, 1.807) is 30.3 Å². The molecule has 0 aromatic heterocycles. The van der Waals surface area contributed by atoms with Gasteiger partial charge in [0.25, 0.3) is 5.91 Å². The van der Waals surface area contributed by atoms with Crippen LogP contribution in [0, 0.1) is 0 Å². The van der Waals surface area contributed by atoms with Gasteiger partial charge in [0, 0.05) is 0 Å². The van der Waals surface area contributed by atoms with Crippen LogP contribution < -0.4 is 5.32 Å². The van der Waals surface area contributed by atoms with Crippen molar-refractivity contribution in [2.24, 2.45) is 0 Å². The number of nitrogens with one attached hydrogen (secondary N) is 1. The van der Waals surface area contributed by atoms with Gasteiger partial charge in [0.05, 0.1) is 0 Å². The third-order valence-electron chi connectivity index (χ3n) is 3.53. The first-order valence-corrected chi connectivity index (χ1v) is 7.14. The highest BCUT2D eigenvalue weighted by Crippen LogP contribution is 2.27. The van der Waals surface area contributed by atoms with Crippen molar-refractivity contribution in [3.8, 4) is 0 Å². The van der Waals surface area contributed by atoms with Gasteiger partial charge >= 0.3 is 12.1 Å². The van der Waals surface area contributed by atoms with Gasteiger partial charge in [0.2, 0.25) is 6.30 Å². The van der Waals surface area contributed by atoms with E-state index in [0.29, 0.717) is 4.90 Å². The molecule has 8 heteroatoms. The van der Waals surface area contributed by atoms with Crippen LogP contribution in [0.1, 0.15) is 12.5 Å². The summed E-state index contributed by atoms with van der Waals surface area (Å²) in [6.45, 7) is 4.80. The number of carbonyl (C=O) groups is 3.